The van der Waals surface area contributed by atoms with Crippen LogP contribution in [0.5, 0.6) is 0 Å². The Morgan fingerprint density at radius 3 is 2.52 bits per heavy atom. The number of nitrogens with one attached hydrogen (secondary N) is 2. The summed E-state index contributed by atoms with van der Waals surface area (Å²) < 4.78 is 5.09. The first-order valence-corrected chi connectivity index (χ1v) is 6.93. The first-order valence-electron chi connectivity index (χ1n) is 6.93. The first-order chi connectivity index (χ1) is 10.1. The van der Waals surface area contributed by atoms with Gasteiger partial charge in [-0.05, 0) is 24.1 Å². The van der Waals surface area contributed by atoms with Crippen molar-refractivity contribution in [3.05, 3.63) is 29.8 Å². The van der Waals surface area contributed by atoms with E-state index in [9.17, 15) is 9.59 Å². The molecular weight excluding hydrogens is 272 g/mol. The molecule has 1 aromatic rings. The van der Waals surface area contributed by atoms with Crippen LogP contribution in [0.2, 0.25) is 0 Å². The SMILES string of the molecule is CC(=O)Nc1ccc(CC(=O)NCCCOCCO)cc1. The van der Waals surface area contributed by atoms with E-state index < -0.39 is 0 Å². The van der Waals surface area contributed by atoms with Crippen LogP contribution in [0.4, 0.5) is 5.69 Å². The molecule has 0 spiro atoms. The zero-order chi connectivity index (χ0) is 15.5. The van der Waals surface area contributed by atoms with E-state index in [1.165, 1.54) is 6.92 Å². The molecule has 6 nitrogen and oxygen atoms in total. The molecule has 1 rings (SSSR count). The summed E-state index contributed by atoms with van der Waals surface area (Å²) >= 11 is 0. The molecule has 0 saturated carbocycles. The molecule has 2 amide bonds. The smallest absolute Gasteiger partial charge is 0.224 e. The number of rotatable bonds is 9. The average molecular weight is 294 g/mol. The van der Waals surface area contributed by atoms with Gasteiger partial charge in [0.25, 0.3) is 0 Å². The Bertz CT molecular complexity index is 445. The van der Waals surface area contributed by atoms with Gasteiger partial charge in [-0.1, -0.05) is 12.1 Å². The molecule has 0 heterocycles. The molecule has 116 valence electrons. The van der Waals surface area contributed by atoms with Gasteiger partial charge in [0, 0.05) is 25.8 Å². The lowest BCUT2D eigenvalue weighted by Crippen LogP contribution is -2.26. The highest BCUT2D eigenvalue weighted by Gasteiger charge is 2.03. The van der Waals surface area contributed by atoms with Crippen molar-refractivity contribution >= 4 is 17.5 Å². The molecule has 0 saturated heterocycles. The van der Waals surface area contributed by atoms with Crippen LogP contribution >= 0.6 is 0 Å². The van der Waals surface area contributed by atoms with Crippen LogP contribution in [-0.4, -0.2) is 43.3 Å². The van der Waals surface area contributed by atoms with E-state index >= 15 is 0 Å². The minimum Gasteiger partial charge on any atom is -0.394 e. The predicted molar refractivity (Wildman–Crippen MR) is 80.0 cm³/mol. The van der Waals surface area contributed by atoms with Crippen molar-refractivity contribution in [1.29, 1.82) is 0 Å². The zero-order valence-electron chi connectivity index (χ0n) is 12.2. The highest BCUT2D eigenvalue weighted by Crippen LogP contribution is 2.09. The third-order valence-corrected chi connectivity index (χ3v) is 2.66. The Labute approximate surface area is 124 Å². The van der Waals surface area contributed by atoms with Crippen LogP contribution in [0.3, 0.4) is 0 Å². The van der Waals surface area contributed by atoms with Crippen molar-refractivity contribution in [2.24, 2.45) is 0 Å². The van der Waals surface area contributed by atoms with Gasteiger partial charge in [-0.15, -0.1) is 0 Å². The van der Waals surface area contributed by atoms with Gasteiger partial charge in [-0.25, -0.2) is 0 Å². The van der Waals surface area contributed by atoms with Crippen LogP contribution in [0.1, 0.15) is 18.9 Å². The molecule has 0 aliphatic rings. The van der Waals surface area contributed by atoms with Crippen molar-refractivity contribution in [2.75, 3.05) is 31.7 Å². The molecule has 0 unspecified atom stereocenters. The van der Waals surface area contributed by atoms with E-state index in [1.807, 2.05) is 12.1 Å². The second-order valence-corrected chi connectivity index (χ2v) is 4.59. The lowest BCUT2D eigenvalue weighted by Gasteiger charge is -2.07. The summed E-state index contributed by atoms with van der Waals surface area (Å²) in [6.45, 7) is 2.86. The maximum Gasteiger partial charge on any atom is 0.224 e. The Balaban J connectivity index is 2.23. The second kappa shape index (κ2) is 9.90. The molecular formula is C15H22N2O4. The molecule has 0 aromatic heterocycles. The summed E-state index contributed by atoms with van der Waals surface area (Å²) in [5.41, 5.74) is 1.60. The third-order valence-electron chi connectivity index (χ3n) is 2.66. The summed E-state index contributed by atoms with van der Waals surface area (Å²) in [4.78, 5) is 22.6. The van der Waals surface area contributed by atoms with Gasteiger partial charge in [0.1, 0.15) is 0 Å². The number of benzene rings is 1. The predicted octanol–water partition coefficient (Wildman–Crippen LogP) is 0.703. The van der Waals surface area contributed by atoms with Crippen LogP contribution in [0, 0.1) is 0 Å². The Kier molecular flexibility index (Phi) is 8.08. The van der Waals surface area contributed by atoms with Crippen LogP contribution in [0.25, 0.3) is 0 Å². The number of aliphatic hydroxyl groups is 1. The van der Waals surface area contributed by atoms with Crippen LogP contribution < -0.4 is 10.6 Å². The van der Waals surface area contributed by atoms with Crippen molar-refractivity contribution in [2.45, 2.75) is 19.8 Å². The molecule has 0 atom stereocenters. The molecule has 0 aliphatic heterocycles. The minimum atomic E-state index is -0.121. The zero-order valence-corrected chi connectivity index (χ0v) is 12.2. The topological polar surface area (TPSA) is 87.7 Å². The lowest BCUT2D eigenvalue weighted by atomic mass is 10.1. The van der Waals surface area contributed by atoms with Crippen LogP contribution in [-0.2, 0) is 20.7 Å². The number of hydrogen-bond donors (Lipinski definition) is 3. The molecule has 0 radical (unpaired) electrons. The summed E-state index contributed by atoms with van der Waals surface area (Å²) in [5.74, 6) is -0.173. The number of carbonyl (C=O) groups excluding carboxylic acids is 2. The largest absolute Gasteiger partial charge is 0.394 e. The van der Waals surface area contributed by atoms with Gasteiger partial charge in [0.2, 0.25) is 11.8 Å². The average Bonchev–Trinajstić information content (AvgIpc) is 2.44. The van der Waals surface area contributed by atoms with Gasteiger partial charge in [0.05, 0.1) is 19.6 Å². The monoisotopic (exact) mass is 294 g/mol. The summed E-state index contributed by atoms with van der Waals surface area (Å²) in [6.07, 6.45) is 1.02. The van der Waals surface area contributed by atoms with Gasteiger partial charge in [0.15, 0.2) is 0 Å². The number of anilines is 1. The van der Waals surface area contributed by atoms with Crippen molar-refractivity contribution in [3.8, 4) is 0 Å². The standard InChI is InChI=1S/C15H22N2O4/c1-12(19)17-14-5-3-13(4-6-14)11-15(20)16-7-2-9-21-10-8-18/h3-6,18H,2,7-11H2,1H3,(H,16,20)(H,17,19). The quantitative estimate of drug-likeness (QED) is 0.585. The van der Waals surface area contributed by atoms with E-state index in [0.29, 0.717) is 38.3 Å². The third kappa shape index (κ3) is 8.06. The van der Waals surface area contributed by atoms with Gasteiger partial charge in [-0.3, -0.25) is 9.59 Å². The normalized spacial score (nSPS) is 10.2. The van der Waals surface area contributed by atoms with Gasteiger partial charge in [-0.2, -0.15) is 0 Å². The highest BCUT2D eigenvalue weighted by atomic mass is 16.5. The molecule has 21 heavy (non-hydrogen) atoms. The Morgan fingerprint density at radius 1 is 1.19 bits per heavy atom. The number of hydrogen-bond acceptors (Lipinski definition) is 4. The van der Waals surface area contributed by atoms with E-state index in [0.717, 1.165) is 5.56 Å². The van der Waals surface area contributed by atoms with Crippen LogP contribution in [0.15, 0.2) is 24.3 Å². The van der Waals surface area contributed by atoms with E-state index in [-0.39, 0.29) is 18.4 Å². The first kappa shape index (κ1) is 17.1. The fraction of sp³-hybridized carbons (Fsp3) is 0.467. The number of carbonyl (C=O) groups is 2. The maximum atomic E-state index is 11.7. The Morgan fingerprint density at radius 2 is 1.90 bits per heavy atom. The molecule has 3 N–H and O–H groups in total. The maximum absolute atomic E-state index is 11.7. The summed E-state index contributed by atoms with van der Waals surface area (Å²) in [7, 11) is 0. The van der Waals surface area contributed by atoms with Crippen molar-refractivity contribution < 1.29 is 19.4 Å². The number of amides is 2. The summed E-state index contributed by atoms with van der Waals surface area (Å²) in [6, 6.07) is 7.17. The van der Waals surface area contributed by atoms with Gasteiger partial charge < -0.3 is 20.5 Å². The van der Waals surface area contributed by atoms with E-state index in [2.05, 4.69) is 10.6 Å². The minimum absolute atomic E-state index is 0.0147. The second-order valence-electron chi connectivity index (χ2n) is 4.59. The summed E-state index contributed by atoms with van der Waals surface area (Å²) in [5, 5.41) is 14.0. The van der Waals surface area contributed by atoms with Gasteiger partial charge >= 0.3 is 0 Å². The van der Waals surface area contributed by atoms with E-state index in [1.54, 1.807) is 12.1 Å². The Hall–Kier alpha value is -1.92. The van der Waals surface area contributed by atoms with Crippen molar-refractivity contribution in [1.82, 2.24) is 5.32 Å². The van der Waals surface area contributed by atoms with E-state index in [4.69, 9.17) is 9.84 Å². The molecule has 0 fully saturated rings. The number of aliphatic hydroxyl groups excluding tert-OH is 1. The molecule has 1 aromatic carbocycles. The van der Waals surface area contributed by atoms with Crippen molar-refractivity contribution in [3.63, 3.8) is 0 Å². The highest BCUT2D eigenvalue weighted by molar-refractivity contribution is 5.88. The molecule has 0 aliphatic carbocycles. The lowest BCUT2D eigenvalue weighted by molar-refractivity contribution is -0.120. The molecule has 0 bridgehead atoms. The fourth-order valence-corrected chi connectivity index (χ4v) is 1.73. The fourth-order valence-electron chi connectivity index (χ4n) is 1.73. The molecule has 6 heteroatoms. The number of ether oxygens (including phenoxy) is 1.